The second-order valence-electron chi connectivity index (χ2n) is 4.66. The number of carbonyl (C=O) groups is 2. The lowest BCUT2D eigenvalue weighted by Gasteiger charge is -2.25. The summed E-state index contributed by atoms with van der Waals surface area (Å²) in [6.07, 6.45) is 3.23. The van der Waals surface area contributed by atoms with Gasteiger partial charge in [-0.25, -0.2) is 0 Å². The van der Waals surface area contributed by atoms with Crippen LogP contribution in [0.4, 0.5) is 0 Å². The highest BCUT2D eigenvalue weighted by atomic mass is 35.5. The van der Waals surface area contributed by atoms with Crippen molar-refractivity contribution in [3.05, 3.63) is 0 Å². The number of hydrogen-bond donors (Lipinski definition) is 2. The summed E-state index contributed by atoms with van der Waals surface area (Å²) in [5, 5.41) is 6.13. The largest absolute Gasteiger partial charge is 0.353 e. The molecule has 0 saturated carbocycles. The van der Waals surface area contributed by atoms with E-state index in [1.54, 1.807) is 4.90 Å². The van der Waals surface area contributed by atoms with Gasteiger partial charge in [0.2, 0.25) is 11.8 Å². The van der Waals surface area contributed by atoms with Crippen LogP contribution in [0.5, 0.6) is 0 Å². The van der Waals surface area contributed by atoms with Crippen molar-refractivity contribution in [2.45, 2.75) is 45.6 Å². The van der Waals surface area contributed by atoms with Crippen LogP contribution in [0.2, 0.25) is 0 Å². The van der Waals surface area contributed by atoms with Crippen LogP contribution in [0.1, 0.15) is 39.5 Å². The first kappa shape index (κ1) is 18.2. The van der Waals surface area contributed by atoms with Gasteiger partial charge < -0.3 is 15.5 Å². The number of likely N-dealkylation sites (tertiary alicyclic amines) is 1. The topological polar surface area (TPSA) is 61.4 Å². The summed E-state index contributed by atoms with van der Waals surface area (Å²) in [5.41, 5.74) is 0. The molecule has 1 saturated heterocycles. The SMILES string of the molecule is CCCNCCNC(=O)C(CC)N1CCCC1=O.Cl. The van der Waals surface area contributed by atoms with Gasteiger partial charge >= 0.3 is 0 Å². The molecule has 1 unspecified atom stereocenters. The second kappa shape index (κ2) is 10.0. The molecule has 1 heterocycles. The summed E-state index contributed by atoms with van der Waals surface area (Å²) >= 11 is 0. The number of nitrogens with one attached hydrogen (secondary N) is 2. The Balaban J connectivity index is 0.00000324. The molecule has 0 aliphatic carbocycles. The zero-order chi connectivity index (χ0) is 13.4. The average Bonchev–Trinajstić information content (AvgIpc) is 2.77. The summed E-state index contributed by atoms with van der Waals surface area (Å²) < 4.78 is 0. The molecule has 1 fully saturated rings. The maximum absolute atomic E-state index is 12.0. The fraction of sp³-hybridized carbons (Fsp3) is 0.846. The molecule has 1 aliphatic heterocycles. The third-order valence-electron chi connectivity index (χ3n) is 3.20. The fourth-order valence-electron chi connectivity index (χ4n) is 2.24. The highest BCUT2D eigenvalue weighted by Crippen LogP contribution is 2.15. The van der Waals surface area contributed by atoms with Crippen molar-refractivity contribution in [3.8, 4) is 0 Å². The molecule has 112 valence electrons. The first-order chi connectivity index (χ1) is 8.70. The van der Waals surface area contributed by atoms with E-state index >= 15 is 0 Å². The first-order valence-electron chi connectivity index (χ1n) is 6.98. The molecule has 0 aromatic carbocycles. The number of amides is 2. The van der Waals surface area contributed by atoms with Gasteiger partial charge in [0.15, 0.2) is 0 Å². The Morgan fingerprint density at radius 2 is 2.05 bits per heavy atom. The smallest absolute Gasteiger partial charge is 0.242 e. The van der Waals surface area contributed by atoms with E-state index in [0.29, 0.717) is 19.4 Å². The van der Waals surface area contributed by atoms with Gasteiger partial charge in [-0.05, 0) is 25.8 Å². The zero-order valence-corrected chi connectivity index (χ0v) is 12.7. The Labute approximate surface area is 121 Å². The monoisotopic (exact) mass is 291 g/mol. The number of halogens is 1. The summed E-state index contributed by atoms with van der Waals surface area (Å²) in [6.45, 7) is 7.15. The van der Waals surface area contributed by atoms with Gasteiger partial charge in [0.05, 0.1) is 0 Å². The van der Waals surface area contributed by atoms with Crippen molar-refractivity contribution in [2.75, 3.05) is 26.2 Å². The summed E-state index contributed by atoms with van der Waals surface area (Å²) in [4.78, 5) is 25.4. The third-order valence-corrected chi connectivity index (χ3v) is 3.20. The molecule has 0 spiro atoms. The molecule has 0 aromatic rings. The van der Waals surface area contributed by atoms with Crippen molar-refractivity contribution >= 4 is 24.2 Å². The van der Waals surface area contributed by atoms with Gasteiger partial charge in [-0.2, -0.15) is 0 Å². The van der Waals surface area contributed by atoms with E-state index in [2.05, 4.69) is 17.6 Å². The number of hydrogen-bond acceptors (Lipinski definition) is 3. The normalized spacial score (nSPS) is 16.1. The van der Waals surface area contributed by atoms with Crippen LogP contribution < -0.4 is 10.6 Å². The second-order valence-corrected chi connectivity index (χ2v) is 4.66. The summed E-state index contributed by atoms with van der Waals surface area (Å²) in [6, 6.07) is -0.286. The van der Waals surface area contributed by atoms with Gasteiger partial charge in [-0.15, -0.1) is 12.4 Å². The van der Waals surface area contributed by atoms with Crippen LogP contribution in [-0.2, 0) is 9.59 Å². The minimum atomic E-state index is -0.286. The molecule has 5 nitrogen and oxygen atoms in total. The summed E-state index contributed by atoms with van der Waals surface area (Å²) in [7, 11) is 0. The van der Waals surface area contributed by atoms with E-state index in [4.69, 9.17) is 0 Å². The molecule has 0 radical (unpaired) electrons. The number of nitrogens with zero attached hydrogens (tertiary/aromatic N) is 1. The summed E-state index contributed by atoms with van der Waals surface area (Å²) in [5.74, 6) is 0.0900. The highest BCUT2D eigenvalue weighted by Gasteiger charge is 2.31. The quantitative estimate of drug-likeness (QED) is 0.654. The molecule has 6 heteroatoms. The lowest BCUT2D eigenvalue weighted by atomic mass is 10.2. The predicted molar refractivity (Wildman–Crippen MR) is 78.4 cm³/mol. The molecule has 2 N–H and O–H groups in total. The van der Waals surface area contributed by atoms with Crippen LogP contribution in [0.3, 0.4) is 0 Å². The number of carbonyl (C=O) groups excluding carboxylic acids is 2. The lowest BCUT2D eigenvalue weighted by molar-refractivity contribution is -0.137. The molecule has 0 bridgehead atoms. The molecular formula is C13H26ClN3O2. The van der Waals surface area contributed by atoms with Crippen molar-refractivity contribution in [3.63, 3.8) is 0 Å². The van der Waals surface area contributed by atoms with Gasteiger partial charge in [-0.1, -0.05) is 13.8 Å². The molecule has 1 atom stereocenters. The Bertz CT molecular complexity index is 287. The number of rotatable bonds is 8. The average molecular weight is 292 g/mol. The van der Waals surface area contributed by atoms with Crippen LogP contribution in [0.15, 0.2) is 0 Å². The Hall–Kier alpha value is -0.810. The lowest BCUT2D eigenvalue weighted by Crippen LogP contribution is -2.48. The van der Waals surface area contributed by atoms with E-state index < -0.39 is 0 Å². The van der Waals surface area contributed by atoms with E-state index in [1.807, 2.05) is 6.92 Å². The van der Waals surface area contributed by atoms with E-state index in [0.717, 1.165) is 32.5 Å². The standard InChI is InChI=1S/C13H25N3O2.ClH/c1-3-7-14-8-9-15-13(18)11(4-2)16-10-5-6-12(16)17;/h11,14H,3-10H2,1-2H3,(H,15,18);1H. The highest BCUT2D eigenvalue weighted by molar-refractivity contribution is 5.88. The zero-order valence-electron chi connectivity index (χ0n) is 11.9. The van der Waals surface area contributed by atoms with Crippen molar-refractivity contribution in [1.29, 1.82) is 0 Å². The Kier molecular flexibility index (Phi) is 9.61. The third kappa shape index (κ3) is 5.78. The van der Waals surface area contributed by atoms with Gasteiger partial charge in [0, 0.05) is 26.1 Å². The Morgan fingerprint density at radius 1 is 1.32 bits per heavy atom. The molecular weight excluding hydrogens is 266 g/mol. The van der Waals surface area contributed by atoms with E-state index in [9.17, 15) is 9.59 Å². The Morgan fingerprint density at radius 3 is 2.58 bits per heavy atom. The van der Waals surface area contributed by atoms with Crippen LogP contribution in [0.25, 0.3) is 0 Å². The van der Waals surface area contributed by atoms with Crippen molar-refractivity contribution < 1.29 is 9.59 Å². The molecule has 0 aromatic heterocycles. The van der Waals surface area contributed by atoms with Crippen LogP contribution >= 0.6 is 12.4 Å². The van der Waals surface area contributed by atoms with E-state index in [1.165, 1.54) is 0 Å². The predicted octanol–water partition coefficient (Wildman–Crippen LogP) is 0.925. The molecule has 1 aliphatic rings. The maximum Gasteiger partial charge on any atom is 0.242 e. The minimum Gasteiger partial charge on any atom is -0.353 e. The van der Waals surface area contributed by atoms with Gasteiger partial charge in [-0.3, -0.25) is 9.59 Å². The fourth-order valence-corrected chi connectivity index (χ4v) is 2.24. The van der Waals surface area contributed by atoms with E-state index in [-0.39, 0.29) is 30.3 Å². The van der Waals surface area contributed by atoms with Gasteiger partial charge in [0.25, 0.3) is 0 Å². The maximum atomic E-state index is 12.0. The molecule has 1 rings (SSSR count). The van der Waals surface area contributed by atoms with Gasteiger partial charge in [0.1, 0.15) is 6.04 Å². The van der Waals surface area contributed by atoms with Crippen molar-refractivity contribution in [2.24, 2.45) is 0 Å². The molecule has 19 heavy (non-hydrogen) atoms. The first-order valence-corrected chi connectivity index (χ1v) is 6.98. The molecule has 2 amide bonds. The van der Waals surface area contributed by atoms with Crippen LogP contribution in [-0.4, -0.2) is 48.9 Å². The van der Waals surface area contributed by atoms with Crippen LogP contribution in [0, 0.1) is 0 Å². The van der Waals surface area contributed by atoms with Crippen molar-refractivity contribution in [1.82, 2.24) is 15.5 Å². The minimum absolute atomic E-state index is 0.